The number of hydrogen-bond donors (Lipinski definition) is 2. The van der Waals surface area contributed by atoms with Gasteiger partial charge in [-0.1, -0.05) is 66.7 Å². The highest BCUT2D eigenvalue weighted by molar-refractivity contribution is 7.90. The van der Waals surface area contributed by atoms with E-state index in [1.165, 1.54) is 4.68 Å². The lowest BCUT2D eigenvalue weighted by Gasteiger charge is -2.19. The van der Waals surface area contributed by atoms with Crippen molar-refractivity contribution in [3.63, 3.8) is 0 Å². The number of aryl methyl sites for hydroxylation is 1. The summed E-state index contributed by atoms with van der Waals surface area (Å²) >= 11 is 0. The molecule has 1 aliphatic rings. The molecule has 1 saturated carbocycles. The molecular weight excluding hydrogens is 472 g/mol. The molecule has 3 aromatic carbocycles. The third-order valence-corrected chi connectivity index (χ3v) is 7.45. The maximum atomic E-state index is 13.0. The number of benzene rings is 3. The fourth-order valence-corrected chi connectivity index (χ4v) is 5.29. The number of nitrogen functional groups attached to an aromatic ring is 1. The standard InChI is InChI=1S/C28H28N4O3S/c1-18-13-14-21(27(33)30-22-15-16-22)17-23(18)32-26(29)25(28(31-32)36(2,34)35)24(19-9-5-3-6-10-19)20-11-7-4-8-12-20/h3-14,17,22,24H,15-16,29H2,1-2H3,(H,30,33). The second-order valence-electron chi connectivity index (χ2n) is 9.29. The molecule has 1 amide bonds. The predicted octanol–water partition coefficient (Wildman–Crippen LogP) is 4.24. The molecule has 184 valence electrons. The first-order chi connectivity index (χ1) is 17.2. The minimum Gasteiger partial charge on any atom is -0.383 e. The number of anilines is 1. The second kappa shape index (κ2) is 9.28. The molecule has 0 atom stereocenters. The quantitative estimate of drug-likeness (QED) is 0.395. The molecule has 0 unspecified atom stereocenters. The zero-order chi connectivity index (χ0) is 25.4. The maximum absolute atomic E-state index is 13.0. The number of sulfone groups is 1. The Kier molecular flexibility index (Phi) is 6.14. The first-order valence-electron chi connectivity index (χ1n) is 11.8. The number of rotatable bonds is 7. The molecule has 0 saturated heterocycles. The van der Waals surface area contributed by atoms with Crippen LogP contribution in [0.3, 0.4) is 0 Å². The number of hydrogen-bond acceptors (Lipinski definition) is 5. The van der Waals surface area contributed by atoms with E-state index in [1.807, 2.05) is 73.7 Å². The van der Waals surface area contributed by atoms with Crippen molar-refractivity contribution in [1.82, 2.24) is 15.1 Å². The summed E-state index contributed by atoms with van der Waals surface area (Å²) in [6.07, 6.45) is 3.11. The lowest BCUT2D eigenvalue weighted by Crippen LogP contribution is -2.25. The van der Waals surface area contributed by atoms with Crippen molar-refractivity contribution < 1.29 is 13.2 Å². The van der Waals surface area contributed by atoms with Crippen molar-refractivity contribution >= 4 is 21.6 Å². The van der Waals surface area contributed by atoms with E-state index in [4.69, 9.17) is 5.73 Å². The molecule has 8 heteroatoms. The summed E-state index contributed by atoms with van der Waals surface area (Å²) in [5.41, 5.74) is 10.8. The lowest BCUT2D eigenvalue weighted by atomic mass is 9.86. The Balaban J connectivity index is 1.72. The van der Waals surface area contributed by atoms with Gasteiger partial charge in [0.2, 0.25) is 0 Å². The van der Waals surface area contributed by atoms with E-state index in [0.717, 1.165) is 35.8 Å². The molecule has 1 aromatic heterocycles. The normalized spacial score (nSPS) is 13.6. The summed E-state index contributed by atoms with van der Waals surface area (Å²) in [5.74, 6) is -0.400. The van der Waals surface area contributed by atoms with E-state index < -0.39 is 15.8 Å². The molecule has 1 fully saturated rings. The van der Waals surface area contributed by atoms with Gasteiger partial charge in [0.1, 0.15) is 5.82 Å². The van der Waals surface area contributed by atoms with Crippen molar-refractivity contribution in [2.45, 2.75) is 36.8 Å². The predicted molar refractivity (Wildman–Crippen MR) is 140 cm³/mol. The van der Waals surface area contributed by atoms with Crippen LogP contribution in [0, 0.1) is 6.92 Å². The third kappa shape index (κ3) is 4.64. The first-order valence-corrected chi connectivity index (χ1v) is 13.7. The van der Waals surface area contributed by atoms with Gasteiger partial charge in [0.05, 0.1) is 5.69 Å². The minimum atomic E-state index is -3.74. The summed E-state index contributed by atoms with van der Waals surface area (Å²) < 4.78 is 27.5. The van der Waals surface area contributed by atoms with E-state index in [1.54, 1.807) is 12.1 Å². The Morgan fingerprint density at radius 2 is 1.58 bits per heavy atom. The van der Waals surface area contributed by atoms with Gasteiger partial charge >= 0.3 is 0 Å². The fraction of sp³-hybridized carbons (Fsp3) is 0.214. The average Bonchev–Trinajstić information content (AvgIpc) is 3.61. The third-order valence-electron chi connectivity index (χ3n) is 6.44. The van der Waals surface area contributed by atoms with Gasteiger partial charge in [-0.15, -0.1) is 0 Å². The lowest BCUT2D eigenvalue weighted by molar-refractivity contribution is 0.0951. The molecule has 4 aromatic rings. The molecule has 3 N–H and O–H groups in total. The summed E-state index contributed by atoms with van der Waals surface area (Å²) in [6.45, 7) is 1.88. The fourth-order valence-electron chi connectivity index (χ4n) is 4.44. The molecular formula is C28H28N4O3S. The van der Waals surface area contributed by atoms with E-state index in [0.29, 0.717) is 16.8 Å². The monoisotopic (exact) mass is 500 g/mol. The average molecular weight is 501 g/mol. The van der Waals surface area contributed by atoms with Gasteiger partial charge in [-0.3, -0.25) is 4.79 Å². The molecule has 1 aliphatic carbocycles. The van der Waals surface area contributed by atoms with Crippen LogP contribution in [0.25, 0.3) is 5.69 Å². The number of nitrogens with zero attached hydrogens (tertiary/aromatic N) is 2. The van der Waals surface area contributed by atoms with Crippen molar-refractivity contribution in [3.05, 3.63) is 107 Å². The summed E-state index contributed by atoms with van der Waals surface area (Å²) in [4.78, 5) is 12.7. The van der Waals surface area contributed by atoms with Crippen LogP contribution >= 0.6 is 0 Å². The number of carbonyl (C=O) groups is 1. The van der Waals surface area contributed by atoms with Gasteiger partial charge < -0.3 is 11.1 Å². The molecule has 0 aliphatic heterocycles. The smallest absolute Gasteiger partial charge is 0.251 e. The van der Waals surface area contributed by atoms with Crippen LogP contribution in [0.1, 0.15) is 51.4 Å². The van der Waals surface area contributed by atoms with Gasteiger partial charge in [0.15, 0.2) is 14.9 Å². The van der Waals surface area contributed by atoms with Crippen molar-refractivity contribution in [2.75, 3.05) is 12.0 Å². The van der Waals surface area contributed by atoms with Crippen LogP contribution in [0.2, 0.25) is 0 Å². The molecule has 36 heavy (non-hydrogen) atoms. The van der Waals surface area contributed by atoms with Crippen LogP contribution in [-0.4, -0.2) is 36.4 Å². The highest BCUT2D eigenvalue weighted by Crippen LogP contribution is 2.40. The maximum Gasteiger partial charge on any atom is 0.251 e. The van der Waals surface area contributed by atoms with Crippen LogP contribution < -0.4 is 11.1 Å². The topological polar surface area (TPSA) is 107 Å². The Morgan fingerprint density at radius 1 is 1.00 bits per heavy atom. The van der Waals surface area contributed by atoms with Crippen LogP contribution in [0.4, 0.5) is 5.82 Å². The Bertz CT molecular complexity index is 1490. The van der Waals surface area contributed by atoms with Crippen LogP contribution in [-0.2, 0) is 9.84 Å². The van der Waals surface area contributed by atoms with Crippen molar-refractivity contribution in [1.29, 1.82) is 0 Å². The number of aromatic nitrogens is 2. The number of nitrogens with one attached hydrogen (secondary N) is 1. The Morgan fingerprint density at radius 3 is 2.11 bits per heavy atom. The molecule has 0 radical (unpaired) electrons. The number of carbonyl (C=O) groups excluding carboxylic acids is 1. The van der Waals surface area contributed by atoms with Gasteiger partial charge in [0, 0.05) is 29.3 Å². The Labute approximate surface area is 210 Å². The van der Waals surface area contributed by atoms with Gasteiger partial charge in [0.25, 0.3) is 5.91 Å². The largest absolute Gasteiger partial charge is 0.383 e. The Hall–Kier alpha value is -3.91. The SMILES string of the molecule is Cc1ccc(C(=O)NC2CC2)cc1-n1nc(S(C)(=O)=O)c(C(c2ccccc2)c2ccccc2)c1N. The second-order valence-corrected chi connectivity index (χ2v) is 11.2. The molecule has 5 rings (SSSR count). The van der Waals surface area contributed by atoms with Gasteiger partial charge in [-0.05, 0) is 48.6 Å². The van der Waals surface area contributed by atoms with Gasteiger partial charge in [-0.25, -0.2) is 13.1 Å². The minimum absolute atomic E-state index is 0.0788. The van der Waals surface area contributed by atoms with E-state index in [-0.39, 0.29) is 22.8 Å². The van der Waals surface area contributed by atoms with Crippen molar-refractivity contribution in [2.24, 2.45) is 0 Å². The number of nitrogens with two attached hydrogens (primary N) is 1. The summed E-state index contributed by atoms with van der Waals surface area (Å²) in [6, 6.07) is 24.8. The zero-order valence-corrected chi connectivity index (χ0v) is 21.0. The summed E-state index contributed by atoms with van der Waals surface area (Å²) in [7, 11) is -3.74. The van der Waals surface area contributed by atoms with Crippen LogP contribution in [0.15, 0.2) is 83.9 Å². The van der Waals surface area contributed by atoms with E-state index in [9.17, 15) is 13.2 Å². The zero-order valence-electron chi connectivity index (χ0n) is 20.2. The summed E-state index contributed by atoms with van der Waals surface area (Å²) in [5, 5.41) is 7.44. The van der Waals surface area contributed by atoms with Crippen molar-refractivity contribution in [3.8, 4) is 5.69 Å². The molecule has 0 bridgehead atoms. The molecule has 7 nitrogen and oxygen atoms in total. The van der Waals surface area contributed by atoms with Crippen LogP contribution in [0.5, 0.6) is 0 Å². The van der Waals surface area contributed by atoms with Gasteiger partial charge in [-0.2, -0.15) is 5.10 Å². The molecule has 0 spiro atoms. The highest BCUT2D eigenvalue weighted by atomic mass is 32.2. The highest BCUT2D eigenvalue weighted by Gasteiger charge is 2.32. The molecule has 1 heterocycles. The first kappa shape index (κ1) is 23.8. The van der Waals surface area contributed by atoms with E-state index >= 15 is 0 Å². The number of amides is 1. The van der Waals surface area contributed by atoms with E-state index in [2.05, 4.69) is 10.4 Å².